The van der Waals surface area contributed by atoms with Crippen molar-refractivity contribution in [1.29, 1.82) is 0 Å². The Balaban J connectivity index is 1.52. The number of urea groups is 1. The molecule has 0 bridgehead atoms. The number of fused-ring (bicyclic) bond motifs is 1. The second-order valence-corrected chi connectivity index (χ2v) is 14.2. The van der Waals surface area contributed by atoms with Crippen LogP contribution in [0.15, 0.2) is 42.5 Å². The molecule has 1 fully saturated rings. The van der Waals surface area contributed by atoms with E-state index in [9.17, 15) is 43.8 Å². The summed E-state index contributed by atoms with van der Waals surface area (Å²) in [5.41, 5.74) is 6.38. The van der Waals surface area contributed by atoms with Crippen molar-refractivity contribution in [1.82, 2.24) is 26.6 Å². The molecule has 0 aromatic heterocycles. The molecular formula is C39H56N6O10. The van der Waals surface area contributed by atoms with Gasteiger partial charge in [-0.05, 0) is 93.0 Å². The van der Waals surface area contributed by atoms with Crippen LogP contribution in [-0.4, -0.2) is 94.7 Å². The Kier molecular flexibility index (Phi) is 18.9. The van der Waals surface area contributed by atoms with Crippen LogP contribution in [0.4, 0.5) is 4.79 Å². The molecule has 10 N–H and O–H groups in total. The van der Waals surface area contributed by atoms with Crippen molar-refractivity contribution in [3.63, 3.8) is 0 Å². The van der Waals surface area contributed by atoms with E-state index < -0.39 is 54.4 Å². The molecule has 5 amide bonds. The Morgan fingerprint density at radius 3 is 2.02 bits per heavy atom. The molecule has 1 saturated carbocycles. The highest BCUT2D eigenvalue weighted by molar-refractivity contribution is 5.89. The number of amides is 5. The number of carbonyl (C=O) groups excluding carboxylic acids is 4. The van der Waals surface area contributed by atoms with Crippen LogP contribution in [0, 0.1) is 11.8 Å². The number of rotatable bonds is 24. The molecule has 0 radical (unpaired) electrons. The van der Waals surface area contributed by atoms with Crippen molar-refractivity contribution in [2.75, 3.05) is 19.6 Å². The second-order valence-electron chi connectivity index (χ2n) is 14.2. The van der Waals surface area contributed by atoms with Crippen LogP contribution >= 0.6 is 0 Å². The molecule has 1 aliphatic rings. The minimum absolute atomic E-state index is 0.0239. The summed E-state index contributed by atoms with van der Waals surface area (Å²) in [6, 6.07) is 8.90. The van der Waals surface area contributed by atoms with Gasteiger partial charge in [-0.3, -0.25) is 19.2 Å². The molecule has 0 spiro atoms. The van der Waals surface area contributed by atoms with E-state index in [4.69, 9.17) is 10.8 Å². The van der Waals surface area contributed by atoms with Gasteiger partial charge in [-0.1, -0.05) is 48.9 Å². The summed E-state index contributed by atoms with van der Waals surface area (Å²) >= 11 is 0. The Morgan fingerprint density at radius 2 is 1.36 bits per heavy atom. The highest BCUT2D eigenvalue weighted by Gasteiger charge is 2.30. The lowest BCUT2D eigenvalue weighted by atomic mass is 9.81. The Labute approximate surface area is 320 Å². The van der Waals surface area contributed by atoms with E-state index in [0.29, 0.717) is 38.8 Å². The van der Waals surface area contributed by atoms with Gasteiger partial charge in [0.05, 0.1) is 0 Å². The first-order valence-electron chi connectivity index (χ1n) is 19.1. The molecule has 16 heteroatoms. The predicted octanol–water partition coefficient (Wildman–Crippen LogP) is 2.67. The number of benzene rings is 2. The van der Waals surface area contributed by atoms with Gasteiger partial charge in [0.2, 0.25) is 17.7 Å². The van der Waals surface area contributed by atoms with Crippen LogP contribution < -0.4 is 32.3 Å². The van der Waals surface area contributed by atoms with Crippen molar-refractivity contribution in [3.8, 4) is 0 Å². The summed E-state index contributed by atoms with van der Waals surface area (Å²) in [6.07, 6.45) is 5.94. The molecule has 1 aliphatic carbocycles. The molecule has 0 unspecified atom stereocenters. The maximum absolute atomic E-state index is 13.5. The van der Waals surface area contributed by atoms with E-state index in [-0.39, 0.29) is 55.9 Å². The van der Waals surface area contributed by atoms with E-state index in [0.717, 1.165) is 48.4 Å². The fourth-order valence-electron chi connectivity index (χ4n) is 6.63. The van der Waals surface area contributed by atoms with Crippen LogP contribution in [-0.2, 0) is 35.2 Å². The van der Waals surface area contributed by atoms with E-state index in [1.807, 2.05) is 42.5 Å². The third-order valence-electron chi connectivity index (χ3n) is 9.87. The van der Waals surface area contributed by atoms with Crippen molar-refractivity contribution >= 4 is 52.4 Å². The number of nitrogens with two attached hydrogens (primary N) is 1. The third-order valence-corrected chi connectivity index (χ3v) is 9.87. The van der Waals surface area contributed by atoms with E-state index in [2.05, 4.69) is 26.6 Å². The first-order chi connectivity index (χ1) is 26.4. The lowest BCUT2D eigenvalue weighted by molar-refractivity contribution is -0.141. The molecule has 0 heterocycles. The number of unbranched alkanes of at least 4 members (excludes halogenated alkanes) is 3. The zero-order valence-electron chi connectivity index (χ0n) is 31.2. The van der Waals surface area contributed by atoms with E-state index in [1.165, 1.54) is 0 Å². The SMILES string of the molecule is NCCCCCC(=O)NCC1CCC(C(=O)N[C@@H](Cc2ccc3ccccc3c2)C(=O)NCCCC[C@H](NC(=O)N[C@@H](CCC(=O)O)C(=O)O)C(=O)O)CC1. The maximum Gasteiger partial charge on any atom is 0.326 e. The Hall–Kier alpha value is -5.25. The third kappa shape index (κ3) is 16.3. The van der Waals surface area contributed by atoms with Gasteiger partial charge in [-0.2, -0.15) is 0 Å². The van der Waals surface area contributed by atoms with Gasteiger partial charge < -0.3 is 47.6 Å². The highest BCUT2D eigenvalue weighted by Crippen LogP contribution is 2.29. The van der Waals surface area contributed by atoms with Gasteiger partial charge in [0.15, 0.2) is 0 Å². The summed E-state index contributed by atoms with van der Waals surface area (Å²) in [6.45, 7) is 1.36. The molecular weight excluding hydrogens is 712 g/mol. The average molecular weight is 769 g/mol. The largest absolute Gasteiger partial charge is 0.481 e. The van der Waals surface area contributed by atoms with Crippen molar-refractivity contribution in [3.05, 3.63) is 48.0 Å². The molecule has 0 saturated heterocycles. The zero-order chi connectivity index (χ0) is 40.2. The number of carboxylic acid groups (broad SMARTS) is 3. The Morgan fingerprint density at radius 1 is 0.691 bits per heavy atom. The van der Waals surface area contributed by atoms with Gasteiger partial charge in [0.25, 0.3) is 0 Å². The molecule has 2 aromatic carbocycles. The number of carboxylic acids is 3. The minimum Gasteiger partial charge on any atom is -0.481 e. The monoisotopic (exact) mass is 768 g/mol. The van der Waals surface area contributed by atoms with Crippen LogP contribution in [0.25, 0.3) is 10.8 Å². The molecule has 302 valence electrons. The lowest BCUT2D eigenvalue weighted by Crippen LogP contribution is -2.51. The minimum atomic E-state index is -1.51. The van der Waals surface area contributed by atoms with Crippen LogP contribution in [0.1, 0.15) is 89.0 Å². The summed E-state index contributed by atoms with van der Waals surface area (Å²) in [4.78, 5) is 85.5. The van der Waals surface area contributed by atoms with Crippen molar-refractivity contribution in [2.24, 2.45) is 17.6 Å². The molecule has 3 rings (SSSR count). The van der Waals surface area contributed by atoms with Crippen LogP contribution in [0.5, 0.6) is 0 Å². The Bertz CT molecular complexity index is 1610. The average Bonchev–Trinajstić information content (AvgIpc) is 3.16. The van der Waals surface area contributed by atoms with Gasteiger partial charge in [-0.15, -0.1) is 0 Å². The van der Waals surface area contributed by atoms with Crippen molar-refractivity contribution < 1.29 is 48.9 Å². The number of hydrogen-bond donors (Lipinski definition) is 9. The molecule has 0 aliphatic heterocycles. The van der Waals surface area contributed by atoms with Gasteiger partial charge in [-0.25, -0.2) is 14.4 Å². The van der Waals surface area contributed by atoms with Gasteiger partial charge in [0, 0.05) is 38.3 Å². The zero-order valence-corrected chi connectivity index (χ0v) is 31.2. The summed E-state index contributed by atoms with van der Waals surface area (Å²) in [5, 5.41) is 42.8. The summed E-state index contributed by atoms with van der Waals surface area (Å²) in [5.74, 6) is -4.59. The standard InChI is InChI=1S/C39H56N6O10/c40-20-6-1-2-11-33(46)42-24-25-12-16-28(17-13-25)35(49)43-32(23-26-14-15-27-8-3-4-9-29(27)22-26)36(50)41-21-7-5-10-30(37(51)52)44-39(55)45-31(38(53)54)18-19-34(47)48/h3-4,8-9,14-15,22,25,28,30-32H,1-2,5-7,10-13,16-21,23-24,40H2,(H,41,50)(H,42,46)(H,43,49)(H,47,48)(H,51,52)(H,53,54)(H2,44,45,55)/t25?,28?,30-,31-,32-/m0/s1. The highest BCUT2D eigenvalue weighted by atomic mass is 16.4. The van der Waals surface area contributed by atoms with E-state index in [1.54, 1.807) is 0 Å². The first-order valence-corrected chi connectivity index (χ1v) is 19.1. The molecule has 3 atom stereocenters. The van der Waals surface area contributed by atoms with Gasteiger partial charge >= 0.3 is 23.9 Å². The molecule has 2 aromatic rings. The predicted molar refractivity (Wildman–Crippen MR) is 204 cm³/mol. The van der Waals surface area contributed by atoms with Gasteiger partial charge in [0.1, 0.15) is 18.1 Å². The number of hydrogen-bond acceptors (Lipinski definition) is 8. The normalized spacial score (nSPS) is 16.9. The second kappa shape index (κ2) is 23.5. The topological polar surface area (TPSA) is 266 Å². The number of carbonyl (C=O) groups is 7. The molecule has 16 nitrogen and oxygen atoms in total. The lowest BCUT2D eigenvalue weighted by Gasteiger charge is -2.29. The quantitative estimate of drug-likeness (QED) is 0.0701. The van der Waals surface area contributed by atoms with Crippen LogP contribution in [0.2, 0.25) is 0 Å². The smallest absolute Gasteiger partial charge is 0.326 e. The number of nitrogens with one attached hydrogen (secondary N) is 5. The fourth-order valence-corrected chi connectivity index (χ4v) is 6.63. The van der Waals surface area contributed by atoms with Crippen molar-refractivity contribution in [2.45, 2.75) is 108 Å². The van der Waals surface area contributed by atoms with Crippen LogP contribution in [0.3, 0.4) is 0 Å². The maximum atomic E-state index is 13.5. The fraction of sp³-hybridized carbons (Fsp3) is 0.564. The molecule has 55 heavy (non-hydrogen) atoms. The van der Waals surface area contributed by atoms with E-state index >= 15 is 0 Å². The number of aliphatic carboxylic acids is 3. The summed E-state index contributed by atoms with van der Waals surface area (Å²) in [7, 11) is 0. The summed E-state index contributed by atoms with van der Waals surface area (Å²) < 4.78 is 0. The first kappa shape index (κ1) is 44.1.